The summed E-state index contributed by atoms with van der Waals surface area (Å²) in [6, 6.07) is 3.90. The van der Waals surface area contributed by atoms with Crippen molar-refractivity contribution in [2.45, 2.75) is 26.0 Å². The maximum atomic E-state index is 9.72. The lowest BCUT2D eigenvalue weighted by Crippen LogP contribution is -2.36. The predicted molar refractivity (Wildman–Crippen MR) is 70.2 cm³/mol. The summed E-state index contributed by atoms with van der Waals surface area (Å²) < 4.78 is 5.20. The van der Waals surface area contributed by atoms with Crippen LogP contribution in [0.2, 0.25) is 0 Å². The first kappa shape index (κ1) is 13.2. The number of thiophene rings is 1. The zero-order valence-electron chi connectivity index (χ0n) is 10.8. The van der Waals surface area contributed by atoms with Gasteiger partial charge in [-0.2, -0.15) is 4.98 Å². The van der Waals surface area contributed by atoms with Gasteiger partial charge in [-0.05, 0) is 32.3 Å². The minimum absolute atomic E-state index is 0.551. The molecule has 0 aromatic carbocycles. The van der Waals surface area contributed by atoms with E-state index in [9.17, 15) is 5.11 Å². The summed E-state index contributed by atoms with van der Waals surface area (Å²) in [5, 5.41) is 15.6. The average Bonchev–Trinajstić information content (AvgIpc) is 2.82. The fraction of sp³-hybridized carbons (Fsp3) is 0.500. The number of hydrogen-bond acceptors (Lipinski definition) is 6. The Morgan fingerprint density at radius 3 is 2.89 bits per heavy atom. The molecule has 0 saturated heterocycles. The molecule has 0 aliphatic rings. The summed E-state index contributed by atoms with van der Waals surface area (Å²) in [5.41, 5.74) is -0.727. The molecule has 0 atom stereocenters. The van der Waals surface area contributed by atoms with Crippen LogP contribution < -0.4 is 0 Å². The Bertz CT molecular complexity index is 488. The molecule has 2 heterocycles. The van der Waals surface area contributed by atoms with E-state index in [4.69, 9.17) is 4.52 Å². The Hall–Kier alpha value is -1.24. The van der Waals surface area contributed by atoms with Crippen LogP contribution in [0.25, 0.3) is 10.8 Å². The summed E-state index contributed by atoms with van der Waals surface area (Å²) in [7, 11) is 1.92. The molecule has 0 amide bonds. The zero-order valence-corrected chi connectivity index (χ0v) is 11.6. The van der Waals surface area contributed by atoms with E-state index in [1.165, 1.54) is 0 Å². The second-order valence-corrected chi connectivity index (χ2v) is 5.93. The summed E-state index contributed by atoms with van der Waals surface area (Å²) in [6.45, 7) is 4.66. The van der Waals surface area contributed by atoms with E-state index in [1.54, 1.807) is 25.2 Å². The molecule has 0 spiro atoms. The van der Waals surface area contributed by atoms with E-state index < -0.39 is 5.60 Å². The fourth-order valence-electron chi connectivity index (χ4n) is 1.78. The van der Waals surface area contributed by atoms with Crippen LogP contribution in [0.3, 0.4) is 0 Å². The number of nitrogens with zero attached hydrogens (tertiary/aromatic N) is 3. The highest BCUT2D eigenvalue weighted by Gasteiger charge is 2.17. The van der Waals surface area contributed by atoms with E-state index in [1.807, 2.05) is 29.5 Å². The SMILES string of the molecule is CN(Cc1noc(-c2cccs2)n1)CC(C)(C)O. The molecule has 2 aromatic rings. The third-order valence-corrected chi connectivity index (χ3v) is 3.13. The van der Waals surface area contributed by atoms with Crippen LogP contribution in [0.1, 0.15) is 19.7 Å². The molecule has 0 saturated carbocycles. The van der Waals surface area contributed by atoms with Crippen LogP contribution in [0.5, 0.6) is 0 Å². The molecule has 0 aliphatic heterocycles. The average molecular weight is 267 g/mol. The Morgan fingerprint density at radius 2 is 2.28 bits per heavy atom. The molecule has 98 valence electrons. The standard InChI is InChI=1S/C12H17N3O2S/c1-12(2,16)8-15(3)7-10-13-11(17-14-10)9-5-4-6-18-9/h4-6,16H,7-8H2,1-3H3. The van der Waals surface area contributed by atoms with Gasteiger partial charge in [-0.3, -0.25) is 4.90 Å². The lowest BCUT2D eigenvalue weighted by Gasteiger charge is -2.24. The zero-order chi connectivity index (χ0) is 13.2. The Morgan fingerprint density at radius 1 is 1.50 bits per heavy atom. The predicted octanol–water partition coefficient (Wildman–Crippen LogP) is 2.00. The number of aromatic nitrogens is 2. The van der Waals surface area contributed by atoms with Crippen LogP contribution in [-0.4, -0.2) is 39.3 Å². The molecular weight excluding hydrogens is 250 g/mol. The molecule has 2 rings (SSSR count). The van der Waals surface area contributed by atoms with Gasteiger partial charge in [-0.1, -0.05) is 11.2 Å². The van der Waals surface area contributed by atoms with Crippen LogP contribution >= 0.6 is 11.3 Å². The normalized spacial score (nSPS) is 12.3. The van der Waals surface area contributed by atoms with Crippen LogP contribution in [-0.2, 0) is 6.54 Å². The van der Waals surface area contributed by atoms with Gasteiger partial charge < -0.3 is 9.63 Å². The molecule has 5 nitrogen and oxygen atoms in total. The molecule has 1 N–H and O–H groups in total. The van der Waals surface area contributed by atoms with Crippen LogP contribution in [0.4, 0.5) is 0 Å². The molecule has 0 unspecified atom stereocenters. The van der Waals surface area contributed by atoms with Crippen molar-refractivity contribution >= 4 is 11.3 Å². The van der Waals surface area contributed by atoms with Gasteiger partial charge in [0.15, 0.2) is 5.82 Å². The van der Waals surface area contributed by atoms with Gasteiger partial charge in [0.05, 0.1) is 17.0 Å². The van der Waals surface area contributed by atoms with E-state index in [2.05, 4.69) is 10.1 Å². The van der Waals surface area contributed by atoms with E-state index in [-0.39, 0.29) is 0 Å². The first-order valence-corrected chi connectivity index (χ1v) is 6.59. The van der Waals surface area contributed by atoms with Crippen molar-refractivity contribution < 1.29 is 9.63 Å². The summed E-state index contributed by atoms with van der Waals surface area (Å²) in [5.74, 6) is 1.18. The van der Waals surface area contributed by atoms with Gasteiger partial charge in [0.1, 0.15) is 0 Å². The maximum Gasteiger partial charge on any atom is 0.268 e. The minimum atomic E-state index is -0.727. The first-order valence-electron chi connectivity index (χ1n) is 5.71. The highest BCUT2D eigenvalue weighted by Crippen LogP contribution is 2.22. The first-order chi connectivity index (χ1) is 8.44. The summed E-state index contributed by atoms with van der Waals surface area (Å²) in [6.07, 6.45) is 0. The van der Waals surface area contributed by atoms with Crippen molar-refractivity contribution in [3.63, 3.8) is 0 Å². The minimum Gasteiger partial charge on any atom is -0.389 e. The largest absolute Gasteiger partial charge is 0.389 e. The van der Waals surface area contributed by atoms with E-state index in [0.717, 1.165) is 4.88 Å². The molecule has 6 heteroatoms. The van der Waals surface area contributed by atoms with Gasteiger partial charge in [-0.25, -0.2) is 0 Å². The van der Waals surface area contributed by atoms with E-state index >= 15 is 0 Å². The van der Waals surface area contributed by atoms with E-state index in [0.29, 0.717) is 24.8 Å². The molecule has 2 aromatic heterocycles. The third-order valence-electron chi connectivity index (χ3n) is 2.27. The smallest absolute Gasteiger partial charge is 0.268 e. The fourth-order valence-corrected chi connectivity index (χ4v) is 2.42. The topological polar surface area (TPSA) is 62.4 Å². The summed E-state index contributed by atoms with van der Waals surface area (Å²) >= 11 is 1.57. The molecule has 0 aliphatic carbocycles. The Kier molecular flexibility index (Phi) is 3.79. The maximum absolute atomic E-state index is 9.72. The van der Waals surface area contributed by atoms with Crippen molar-refractivity contribution in [2.75, 3.05) is 13.6 Å². The second kappa shape index (κ2) is 5.17. The highest BCUT2D eigenvalue weighted by atomic mass is 32.1. The van der Waals surface area contributed by atoms with Crippen molar-refractivity contribution in [1.29, 1.82) is 0 Å². The van der Waals surface area contributed by atoms with Gasteiger partial charge in [-0.15, -0.1) is 11.3 Å². The quantitative estimate of drug-likeness (QED) is 0.897. The Labute approximate surface area is 110 Å². The van der Waals surface area contributed by atoms with Crippen molar-refractivity contribution in [3.8, 4) is 10.8 Å². The second-order valence-electron chi connectivity index (χ2n) is 4.98. The van der Waals surface area contributed by atoms with Gasteiger partial charge in [0.25, 0.3) is 5.89 Å². The van der Waals surface area contributed by atoms with Gasteiger partial charge in [0.2, 0.25) is 0 Å². The monoisotopic (exact) mass is 267 g/mol. The number of hydrogen-bond donors (Lipinski definition) is 1. The van der Waals surface area contributed by atoms with Gasteiger partial charge in [0, 0.05) is 6.54 Å². The molecule has 18 heavy (non-hydrogen) atoms. The van der Waals surface area contributed by atoms with Gasteiger partial charge >= 0.3 is 0 Å². The number of rotatable bonds is 5. The highest BCUT2D eigenvalue weighted by molar-refractivity contribution is 7.13. The van der Waals surface area contributed by atoms with Crippen molar-refractivity contribution in [3.05, 3.63) is 23.3 Å². The lowest BCUT2D eigenvalue weighted by atomic mass is 10.1. The van der Waals surface area contributed by atoms with Crippen molar-refractivity contribution in [1.82, 2.24) is 15.0 Å². The van der Waals surface area contributed by atoms with Crippen LogP contribution in [0, 0.1) is 0 Å². The summed E-state index contributed by atoms with van der Waals surface area (Å²) in [4.78, 5) is 7.26. The Balaban J connectivity index is 1.99. The van der Waals surface area contributed by atoms with Crippen molar-refractivity contribution in [2.24, 2.45) is 0 Å². The molecule has 0 fully saturated rings. The molecule has 0 bridgehead atoms. The lowest BCUT2D eigenvalue weighted by molar-refractivity contribution is 0.0416. The number of likely N-dealkylation sites (N-methyl/N-ethyl adjacent to an activating group) is 1. The third kappa shape index (κ3) is 3.63. The molecule has 0 radical (unpaired) electrons. The number of aliphatic hydroxyl groups is 1. The molecular formula is C12H17N3O2S. The van der Waals surface area contributed by atoms with Crippen LogP contribution in [0.15, 0.2) is 22.0 Å².